The van der Waals surface area contributed by atoms with E-state index in [0.29, 0.717) is 17.7 Å². The van der Waals surface area contributed by atoms with Crippen LogP contribution in [0.15, 0.2) is 140 Å². The van der Waals surface area contributed by atoms with Gasteiger partial charge in [-0.05, 0) is 70.8 Å². The number of rotatable bonds is 13. The lowest BCUT2D eigenvalue weighted by molar-refractivity contribution is -0.137. The molecule has 0 aliphatic carbocycles. The van der Waals surface area contributed by atoms with Gasteiger partial charge >= 0.3 is 5.97 Å². The van der Waals surface area contributed by atoms with Gasteiger partial charge in [-0.15, -0.1) is 0 Å². The van der Waals surface area contributed by atoms with Crippen LogP contribution in [0.4, 0.5) is 0 Å². The molecule has 65 heavy (non-hydrogen) atoms. The maximum Gasteiger partial charge on any atom is 0.303 e. The minimum Gasteiger partial charge on any atom is -0.484 e. The minimum absolute atomic E-state index is 0.0336. The average molecular weight is 877 g/mol. The lowest BCUT2D eigenvalue weighted by Crippen LogP contribution is -2.59. The summed E-state index contributed by atoms with van der Waals surface area (Å²) < 4.78 is 5.83. The number of fused-ring (bicyclic) bond motifs is 17. The van der Waals surface area contributed by atoms with Crippen molar-refractivity contribution in [2.75, 3.05) is 13.2 Å². The zero-order valence-corrected chi connectivity index (χ0v) is 35.8. The second-order valence-electron chi connectivity index (χ2n) is 16.1. The van der Waals surface area contributed by atoms with Crippen LogP contribution in [-0.4, -0.2) is 82.9 Å². The summed E-state index contributed by atoms with van der Waals surface area (Å²) in [5.74, 6) is -3.66. The van der Waals surface area contributed by atoms with Crippen LogP contribution < -0.4 is 31.3 Å². The van der Waals surface area contributed by atoms with Crippen molar-refractivity contribution in [1.82, 2.24) is 31.6 Å². The van der Waals surface area contributed by atoms with Crippen molar-refractivity contribution in [1.29, 1.82) is 0 Å². The van der Waals surface area contributed by atoms with E-state index in [1.54, 1.807) is 30.5 Å². The summed E-state index contributed by atoms with van der Waals surface area (Å²) in [6.45, 7) is -0.356. The molecule has 2 aliphatic rings. The number of carboxylic acids is 1. The highest BCUT2D eigenvalue weighted by Crippen LogP contribution is 2.22. The highest BCUT2D eigenvalue weighted by atomic mass is 16.5. The van der Waals surface area contributed by atoms with Gasteiger partial charge in [0.05, 0.1) is 0 Å². The molecule has 0 unspecified atom stereocenters. The Morgan fingerprint density at radius 3 is 2.00 bits per heavy atom. The fraction of sp³-hybridized carbons (Fsp3) is 0.255. The van der Waals surface area contributed by atoms with Crippen LogP contribution in [0.2, 0.25) is 0 Å². The molecular formula is C51H52N6O8. The van der Waals surface area contributed by atoms with E-state index in [9.17, 15) is 28.8 Å². The largest absolute Gasteiger partial charge is 0.484 e. The first-order chi connectivity index (χ1) is 31.6. The zero-order valence-electron chi connectivity index (χ0n) is 35.8. The highest BCUT2D eigenvalue weighted by molar-refractivity contribution is 5.96. The van der Waals surface area contributed by atoms with Gasteiger partial charge in [0.1, 0.15) is 29.9 Å². The third-order valence-corrected chi connectivity index (χ3v) is 11.3. The molecule has 3 heterocycles. The summed E-state index contributed by atoms with van der Waals surface area (Å²) >= 11 is 0. The molecule has 14 heteroatoms. The van der Waals surface area contributed by atoms with Crippen LogP contribution >= 0.6 is 0 Å². The molecule has 334 valence electrons. The number of hydrogen-bond acceptors (Lipinski definition) is 7. The maximum absolute atomic E-state index is 14.7. The van der Waals surface area contributed by atoms with E-state index >= 15 is 0 Å². The van der Waals surface area contributed by atoms with Crippen LogP contribution in [-0.2, 0) is 54.5 Å². The second kappa shape index (κ2) is 22.1. The molecule has 0 saturated heterocycles. The summed E-state index contributed by atoms with van der Waals surface area (Å²) in [5, 5.41) is 24.3. The number of hydrogen-bond donors (Lipinski definition) is 7. The van der Waals surface area contributed by atoms with Gasteiger partial charge < -0.3 is 41.4 Å². The van der Waals surface area contributed by atoms with Gasteiger partial charge in [0.2, 0.25) is 23.6 Å². The van der Waals surface area contributed by atoms with E-state index in [2.05, 4.69) is 31.6 Å². The van der Waals surface area contributed by atoms with Crippen molar-refractivity contribution < 1.29 is 38.6 Å². The number of amides is 5. The number of carbonyl (C=O) groups is 6. The number of ether oxygens (including phenoxy) is 1. The standard InChI is InChI=1S/C51H52N6O8/c58-46-32-65-39-24-19-35(20-25-39)28-43(48(61)52-27-9-16-47(59)60)56-49(62)42(26-21-33-10-3-1-4-11-33)55-50(63)44(29-34-17-22-37(23-18-34)36-12-5-2-6-13-36)57-51(64)45(54-46)30-38-31-53-41-15-8-7-14-40(38)41/h1-8,10-15,17-20,22-25,31,42-45,53H,9,16,21,26-30,32H2,(H,52,61)(H,54,58)(H,55,63)(H,56,62)(H,57,64)(H,59,60)/t42-,43+,44+,45-/m0/s1. The molecular weight excluding hydrogens is 825 g/mol. The van der Waals surface area contributed by atoms with Gasteiger partial charge in [-0.2, -0.15) is 0 Å². The van der Waals surface area contributed by atoms with Crippen LogP contribution in [0.5, 0.6) is 5.75 Å². The van der Waals surface area contributed by atoms with Crippen LogP contribution in [0.25, 0.3) is 22.0 Å². The number of aromatic nitrogens is 1. The SMILES string of the molecule is O=C(O)CCCNC(=O)[C@H]1Cc2ccc(cc2)OCC(=O)N[C@@H](Cc2c[nH]c3ccccc23)C(=O)N[C@H](Cc2ccc(-c3ccccc3)cc2)C(=O)N[C@@H](CCc2ccccc2)C(=O)N1. The third-order valence-electron chi connectivity index (χ3n) is 11.3. The Labute approximate surface area is 376 Å². The zero-order chi connectivity index (χ0) is 45.5. The molecule has 4 atom stereocenters. The molecule has 7 N–H and O–H groups in total. The van der Waals surface area contributed by atoms with E-state index in [1.807, 2.05) is 109 Å². The summed E-state index contributed by atoms with van der Waals surface area (Å²) in [4.78, 5) is 85.3. The normalized spacial score (nSPS) is 18.5. The lowest BCUT2D eigenvalue weighted by atomic mass is 9.98. The van der Waals surface area contributed by atoms with Gasteiger partial charge in [-0.1, -0.05) is 115 Å². The highest BCUT2D eigenvalue weighted by Gasteiger charge is 2.32. The van der Waals surface area contributed by atoms with Crippen LogP contribution in [0, 0.1) is 0 Å². The number of aryl methyl sites for hydroxylation is 1. The Balaban J connectivity index is 1.22. The minimum atomic E-state index is -1.22. The van der Waals surface area contributed by atoms with E-state index in [0.717, 1.165) is 38.7 Å². The number of aromatic amines is 1. The average Bonchev–Trinajstić information content (AvgIpc) is 3.73. The third kappa shape index (κ3) is 12.9. The summed E-state index contributed by atoms with van der Waals surface area (Å²) in [6.07, 6.45) is 2.52. The molecule has 0 saturated carbocycles. The first-order valence-corrected chi connectivity index (χ1v) is 21.7. The molecule has 0 radical (unpaired) electrons. The van der Waals surface area contributed by atoms with Crippen molar-refractivity contribution in [3.05, 3.63) is 162 Å². The number of nitrogens with one attached hydrogen (secondary N) is 6. The number of para-hydroxylation sites is 1. The molecule has 1 aromatic heterocycles. The fourth-order valence-corrected chi connectivity index (χ4v) is 7.81. The number of carboxylic acid groups (broad SMARTS) is 1. The van der Waals surface area contributed by atoms with Gasteiger partial charge in [-0.3, -0.25) is 28.8 Å². The van der Waals surface area contributed by atoms with Crippen molar-refractivity contribution in [3.8, 4) is 16.9 Å². The number of aliphatic carboxylic acids is 1. The van der Waals surface area contributed by atoms with E-state index in [-0.39, 0.29) is 45.1 Å². The molecule has 0 fully saturated rings. The predicted octanol–water partition coefficient (Wildman–Crippen LogP) is 4.81. The quantitative estimate of drug-likeness (QED) is 0.0632. The van der Waals surface area contributed by atoms with Crippen molar-refractivity contribution in [2.45, 2.75) is 69.1 Å². The number of carbonyl (C=O) groups excluding carboxylic acids is 5. The van der Waals surface area contributed by atoms with Gasteiger partial charge in [0.25, 0.3) is 5.91 Å². The van der Waals surface area contributed by atoms with Gasteiger partial charge in [-0.25, -0.2) is 0 Å². The maximum atomic E-state index is 14.7. The fourth-order valence-electron chi connectivity index (χ4n) is 7.81. The van der Waals surface area contributed by atoms with Crippen LogP contribution in [0.1, 0.15) is 41.5 Å². The van der Waals surface area contributed by atoms with E-state index in [4.69, 9.17) is 9.84 Å². The molecule has 0 spiro atoms. The summed E-state index contributed by atoms with van der Waals surface area (Å²) in [7, 11) is 0. The molecule has 2 bridgehead atoms. The molecule has 5 aromatic carbocycles. The first-order valence-electron chi connectivity index (χ1n) is 21.7. The molecule has 5 amide bonds. The van der Waals surface area contributed by atoms with E-state index in [1.165, 1.54) is 0 Å². The summed E-state index contributed by atoms with van der Waals surface area (Å²) in [5.41, 5.74) is 5.89. The number of H-pyrrole nitrogens is 1. The van der Waals surface area contributed by atoms with Crippen molar-refractivity contribution in [2.24, 2.45) is 0 Å². The molecule has 8 rings (SSSR count). The Bertz CT molecular complexity index is 2580. The Morgan fingerprint density at radius 2 is 1.28 bits per heavy atom. The van der Waals surface area contributed by atoms with Crippen molar-refractivity contribution in [3.63, 3.8) is 0 Å². The molecule has 6 aromatic rings. The van der Waals surface area contributed by atoms with Crippen LogP contribution in [0.3, 0.4) is 0 Å². The monoisotopic (exact) mass is 876 g/mol. The molecule has 14 nitrogen and oxygen atoms in total. The van der Waals surface area contributed by atoms with Gasteiger partial charge in [0.15, 0.2) is 6.61 Å². The first kappa shape index (κ1) is 45.3. The Hall–Kier alpha value is -7.74. The lowest BCUT2D eigenvalue weighted by Gasteiger charge is -2.27. The predicted molar refractivity (Wildman–Crippen MR) is 246 cm³/mol. The summed E-state index contributed by atoms with van der Waals surface area (Å²) in [6, 6.07) is 36.5. The van der Waals surface area contributed by atoms with Crippen molar-refractivity contribution >= 4 is 46.4 Å². The number of benzene rings is 5. The molecule has 2 aliphatic heterocycles. The Morgan fingerprint density at radius 1 is 0.646 bits per heavy atom. The topological polar surface area (TPSA) is 208 Å². The Kier molecular flexibility index (Phi) is 15.4. The second-order valence-corrected chi connectivity index (χ2v) is 16.1. The van der Waals surface area contributed by atoms with E-state index < -0.39 is 66.3 Å². The smallest absolute Gasteiger partial charge is 0.303 e. The van der Waals surface area contributed by atoms with Gasteiger partial charge in [0, 0.05) is 49.3 Å².